The highest BCUT2D eigenvalue weighted by molar-refractivity contribution is 6.01. The van der Waals surface area contributed by atoms with E-state index in [1.165, 1.54) is 12.1 Å². The van der Waals surface area contributed by atoms with Gasteiger partial charge in [-0.2, -0.15) is 0 Å². The minimum absolute atomic E-state index is 0.0823. The summed E-state index contributed by atoms with van der Waals surface area (Å²) in [7, 11) is 1.76. The van der Waals surface area contributed by atoms with Gasteiger partial charge in [0.25, 0.3) is 0 Å². The molecule has 0 aromatic heterocycles. The van der Waals surface area contributed by atoms with Gasteiger partial charge in [-0.25, -0.2) is 4.39 Å². The number of carbonyl (C=O) groups excluding carboxylic acids is 1. The lowest BCUT2D eigenvalue weighted by Gasteiger charge is -2.19. The lowest BCUT2D eigenvalue weighted by Crippen LogP contribution is -2.34. The Bertz CT molecular complexity index is 485. The predicted molar refractivity (Wildman–Crippen MR) is 70.4 cm³/mol. The van der Waals surface area contributed by atoms with Crippen molar-refractivity contribution in [2.45, 2.75) is 25.9 Å². The molecule has 0 N–H and O–H groups in total. The summed E-state index contributed by atoms with van der Waals surface area (Å²) >= 11 is 0. The molecule has 0 bridgehead atoms. The lowest BCUT2D eigenvalue weighted by molar-refractivity contribution is -0.131. The summed E-state index contributed by atoms with van der Waals surface area (Å²) in [6.07, 6.45) is 0.988. The van der Waals surface area contributed by atoms with E-state index in [1.807, 2.05) is 6.92 Å². The first kappa shape index (κ1) is 13.5. The van der Waals surface area contributed by atoms with Crippen LogP contribution in [0.1, 0.15) is 25.3 Å². The van der Waals surface area contributed by atoms with Crippen LogP contribution < -0.4 is 0 Å². The van der Waals surface area contributed by atoms with E-state index in [0.717, 1.165) is 11.3 Å². The molecular formula is C14H17FN2O2. The highest BCUT2D eigenvalue weighted by Gasteiger charge is 2.24. The molecule has 1 atom stereocenters. The molecule has 5 heteroatoms. The fraction of sp³-hybridized carbons (Fsp3) is 0.429. The zero-order chi connectivity index (χ0) is 13.8. The summed E-state index contributed by atoms with van der Waals surface area (Å²) in [5.41, 5.74) is 1.65. The molecule has 0 saturated heterocycles. The molecule has 1 aliphatic rings. The van der Waals surface area contributed by atoms with Gasteiger partial charge in [-0.1, -0.05) is 24.2 Å². The Kier molecular flexibility index (Phi) is 4.14. The Hall–Kier alpha value is -1.91. The Morgan fingerprint density at radius 3 is 2.79 bits per heavy atom. The van der Waals surface area contributed by atoms with Crippen LogP contribution >= 0.6 is 0 Å². The van der Waals surface area contributed by atoms with Crippen molar-refractivity contribution in [3.8, 4) is 0 Å². The molecule has 1 aliphatic heterocycles. The number of halogens is 1. The zero-order valence-electron chi connectivity index (χ0n) is 11.1. The topological polar surface area (TPSA) is 41.9 Å². The minimum Gasteiger partial charge on any atom is -0.390 e. The first-order valence-corrected chi connectivity index (χ1v) is 6.32. The summed E-state index contributed by atoms with van der Waals surface area (Å²) in [6.45, 7) is 2.34. The van der Waals surface area contributed by atoms with Crippen LogP contribution in [0.5, 0.6) is 0 Å². The number of carbonyl (C=O) groups is 1. The van der Waals surface area contributed by atoms with E-state index in [2.05, 4.69) is 5.16 Å². The van der Waals surface area contributed by atoms with Crippen LogP contribution in [0.15, 0.2) is 29.4 Å². The minimum atomic E-state index is -0.270. The number of hydrogen-bond acceptors (Lipinski definition) is 3. The monoisotopic (exact) mass is 264 g/mol. The van der Waals surface area contributed by atoms with Gasteiger partial charge in [0.1, 0.15) is 5.82 Å². The van der Waals surface area contributed by atoms with Gasteiger partial charge >= 0.3 is 0 Å². The van der Waals surface area contributed by atoms with Crippen molar-refractivity contribution in [2.75, 3.05) is 13.6 Å². The molecule has 1 unspecified atom stereocenters. The third kappa shape index (κ3) is 3.30. The van der Waals surface area contributed by atoms with Crippen LogP contribution in [0.25, 0.3) is 0 Å². The van der Waals surface area contributed by atoms with Crippen LogP contribution in [0.4, 0.5) is 4.39 Å². The molecule has 4 nitrogen and oxygen atoms in total. The van der Waals surface area contributed by atoms with Gasteiger partial charge in [0.05, 0.1) is 12.3 Å². The van der Waals surface area contributed by atoms with Crippen molar-refractivity contribution in [1.29, 1.82) is 0 Å². The maximum absolute atomic E-state index is 12.8. The second kappa shape index (κ2) is 5.82. The van der Waals surface area contributed by atoms with Gasteiger partial charge in [-0.3, -0.25) is 4.79 Å². The molecule has 19 heavy (non-hydrogen) atoms. The Labute approximate surface area is 111 Å². The molecule has 102 valence electrons. The van der Waals surface area contributed by atoms with E-state index < -0.39 is 0 Å². The Morgan fingerprint density at radius 1 is 1.47 bits per heavy atom. The molecule has 0 spiro atoms. The first-order valence-electron chi connectivity index (χ1n) is 6.32. The van der Waals surface area contributed by atoms with Crippen LogP contribution in [0, 0.1) is 5.82 Å². The molecule has 1 heterocycles. The van der Waals surface area contributed by atoms with Crippen molar-refractivity contribution in [3.05, 3.63) is 35.6 Å². The number of nitrogens with zero attached hydrogens (tertiary/aromatic N) is 2. The molecule has 0 saturated carbocycles. The van der Waals surface area contributed by atoms with E-state index in [0.29, 0.717) is 19.4 Å². The lowest BCUT2D eigenvalue weighted by atomic mass is 10.0. The largest absolute Gasteiger partial charge is 0.390 e. The van der Waals surface area contributed by atoms with Crippen molar-refractivity contribution < 1.29 is 14.0 Å². The van der Waals surface area contributed by atoms with Gasteiger partial charge < -0.3 is 9.74 Å². The van der Waals surface area contributed by atoms with Gasteiger partial charge in [0, 0.05) is 19.9 Å². The average Bonchev–Trinajstić information content (AvgIpc) is 2.87. The molecule has 0 fully saturated rings. The number of benzene rings is 1. The number of rotatable bonds is 4. The van der Waals surface area contributed by atoms with Gasteiger partial charge in [0.15, 0.2) is 6.10 Å². The number of hydrogen-bond donors (Lipinski definition) is 0. The van der Waals surface area contributed by atoms with E-state index in [9.17, 15) is 9.18 Å². The van der Waals surface area contributed by atoms with Gasteiger partial charge in [0.2, 0.25) is 5.91 Å². The van der Waals surface area contributed by atoms with Crippen molar-refractivity contribution >= 4 is 11.6 Å². The van der Waals surface area contributed by atoms with Crippen LogP contribution in [0.3, 0.4) is 0 Å². The molecule has 1 amide bonds. The van der Waals surface area contributed by atoms with Gasteiger partial charge in [-0.05, 0) is 17.7 Å². The number of oxime groups is 1. The molecular weight excluding hydrogens is 247 g/mol. The second-order valence-corrected chi connectivity index (χ2v) is 4.60. The van der Waals surface area contributed by atoms with E-state index in [4.69, 9.17) is 4.84 Å². The molecule has 2 rings (SSSR count). The standard InChI is InChI=1S/C14H17FN2O2/c1-3-14(18)17(2)9-12-8-13(16-19-12)10-4-6-11(15)7-5-10/h4-7,12H,3,8-9H2,1-2H3. The highest BCUT2D eigenvalue weighted by atomic mass is 19.1. The van der Waals surface area contributed by atoms with Gasteiger partial charge in [-0.15, -0.1) is 0 Å². The normalized spacial score (nSPS) is 17.8. The quantitative estimate of drug-likeness (QED) is 0.836. The smallest absolute Gasteiger partial charge is 0.222 e. The van der Waals surface area contributed by atoms with E-state index in [-0.39, 0.29) is 17.8 Å². The fourth-order valence-corrected chi connectivity index (χ4v) is 2.02. The maximum atomic E-state index is 12.8. The van der Waals surface area contributed by atoms with Crippen molar-refractivity contribution in [1.82, 2.24) is 4.90 Å². The third-order valence-electron chi connectivity index (χ3n) is 3.12. The molecule has 1 aromatic rings. The predicted octanol–water partition coefficient (Wildman–Crippen LogP) is 2.19. The third-order valence-corrected chi connectivity index (χ3v) is 3.12. The Balaban J connectivity index is 1.92. The summed E-state index contributed by atoms with van der Waals surface area (Å²) in [5, 5.41) is 4.01. The highest BCUT2D eigenvalue weighted by Crippen LogP contribution is 2.17. The Morgan fingerprint density at radius 2 is 2.16 bits per heavy atom. The van der Waals surface area contributed by atoms with Crippen molar-refractivity contribution in [2.24, 2.45) is 5.16 Å². The SMILES string of the molecule is CCC(=O)N(C)CC1CC(c2ccc(F)cc2)=NO1. The van der Waals surface area contributed by atoms with Crippen LogP contribution in [-0.2, 0) is 9.63 Å². The molecule has 0 radical (unpaired) electrons. The summed E-state index contributed by atoms with van der Waals surface area (Å²) in [6, 6.07) is 6.16. The molecule has 0 aliphatic carbocycles. The summed E-state index contributed by atoms with van der Waals surface area (Å²) < 4.78 is 12.8. The summed E-state index contributed by atoms with van der Waals surface area (Å²) in [5.74, 6) is -0.188. The van der Waals surface area contributed by atoms with Crippen LogP contribution in [0.2, 0.25) is 0 Å². The first-order chi connectivity index (χ1) is 9.10. The molecule has 1 aromatic carbocycles. The van der Waals surface area contributed by atoms with E-state index >= 15 is 0 Å². The van der Waals surface area contributed by atoms with Crippen molar-refractivity contribution in [3.63, 3.8) is 0 Å². The van der Waals surface area contributed by atoms with E-state index in [1.54, 1.807) is 24.1 Å². The zero-order valence-corrected chi connectivity index (χ0v) is 11.1. The maximum Gasteiger partial charge on any atom is 0.222 e. The second-order valence-electron chi connectivity index (χ2n) is 4.60. The number of amides is 1. The average molecular weight is 264 g/mol. The van der Waals surface area contributed by atoms with Crippen LogP contribution in [-0.4, -0.2) is 36.2 Å². The fourth-order valence-electron chi connectivity index (χ4n) is 2.02. The number of likely N-dealkylation sites (N-methyl/N-ethyl adjacent to an activating group) is 1. The summed E-state index contributed by atoms with van der Waals surface area (Å²) in [4.78, 5) is 18.4.